The van der Waals surface area contributed by atoms with Crippen LogP contribution in [0.2, 0.25) is 0 Å². The number of terminal acetylenes is 1. The van der Waals surface area contributed by atoms with Gasteiger partial charge in [0.1, 0.15) is 0 Å². The first-order chi connectivity index (χ1) is 4.51. The fraction of sp³-hybridized carbons (Fsp3) is 0.556. The molecule has 1 saturated carbocycles. The second kappa shape index (κ2) is 1.79. The van der Waals surface area contributed by atoms with Crippen LogP contribution in [-0.2, 0) is 0 Å². The molecule has 1 aliphatic rings. The van der Waals surface area contributed by atoms with Gasteiger partial charge in [0.2, 0.25) is 0 Å². The molecule has 2 N–H and O–H groups in total. The summed E-state index contributed by atoms with van der Waals surface area (Å²) < 4.78 is 0. The van der Waals surface area contributed by atoms with E-state index in [9.17, 15) is 0 Å². The van der Waals surface area contributed by atoms with Gasteiger partial charge >= 0.3 is 0 Å². The standard InChI is InChI=1S/C9H13N/c1-5-7-8(6(2)10)9(7,3)4/h1,7-8H,2,10H2,3-4H3. The van der Waals surface area contributed by atoms with Gasteiger partial charge in [0.05, 0.1) is 0 Å². The maximum absolute atomic E-state index is 5.55. The van der Waals surface area contributed by atoms with E-state index in [1.165, 1.54) is 0 Å². The van der Waals surface area contributed by atoms with Gasteiger partial charge in [-0.1, -0.05) is 20.4 Å². The molecular formula is C9H13N. The van der Waals surface area contributed by atoms with E-state index in [4.69, 9.17) is 12.2 Å². The maximum atomic E-state index is 5.55. The van der Waals surface area contributed by atoms with Crippen LogP contribution in [0.15, 0.2) is 12.3 Å². The third kappa shape index (κ3) is 0.724. The molecule has 0 amide bonds. The number of rotatable bonds is 1. The molecule has 0 aromatic carbocycles. The number of hydrogen-bond acceptors (Lipinski definition) is 1. The minimum atomic E-state index is 0.195. The second-order valence-corrected chi connectivity index (χ2v) is 3.52. The molecule has 0 aliphatic heterocycles. The summed E-state index contributed by atoms with van der Waals surface area (Å²) in [6, 6.07) is 0. The van der Waals surface area contributed by atoms with Gasteiger partial charge in [-0.15, -0.1) is 12.3 Å². The van der Waals surface area contributed by atoms with Crippen LogP contribution in [0.1, 0.15) is 13.8 Å². The van der Waals surface area contributed by atoms with Crippen molar-refractivity contribution < 1.29 is 0 Å². The Kier molecular flexibility index (Phi) is 1.29. The number of nitrogens with two attached hydrogens (primary N) is 1. The first-order valence-electron chi connectivity index (χ1n) is 3.42. The van der Waals surface area contributed by atoms with Crippen LogP contribution in [0.3, 0.4) is 0 Å². The third-order valence-electron chi connectivity index (χ3n) is 2.41. The maximum Gasteiger partial charge on any atom is 0.0346 e. The zero-order chi connectivity index (χ0) is 7.94. The van der Waals surface area contributed by atoms with Crippen molar-refractivity contribution in [3.63, 3.8) is 0 Å². The van der Waals surface area contributed by atoms with Gasteiger partial charge < -0.3 is 5.73 Å². The van der Waals surface area contributed by atoms with E-state index in [0.717, 1.165) is 5.70 Å². The van der Waals surface area contributed by atoms with Crippen molar-refractivity contribution in [2.45, 2.75) is 13.8 Å². The Hall–Kier alpha value is -0.900. The van der Waals surface area contributed by atoms with Crippen molar-refractivity contribution in [1.82, 2.24) is 0 Å². The van der Waals surface area contributed by atoms with Gasteiger partial charge in [0.25, 0.3) is 0 Å². The van der Waals surface area contributed by atoms with Gasteiger partial charge in [0.15, 0.2) is 0 Å². The number of hydrogen-bond donors (Lipinski definition) is 1. The van der Waals surface area contributed by atoms with E-state index in [1.807, 2.05) is 0 Å². The summed E-state index contributed by atoms with van der Waals surface area (Å²) in [5.41, 5.74) is 6.47. The van der Waals surface area contributed by atoms with Crippen molar-refractivity contribution in [3.8, 4) is 12.3 Å². The monoisotopic (exact) mass is 135 g/mol. The van der Waals surface area contributed by atoms with Crippen molar-refractivity contribution >= 4 is 0 Å². The Morgan fingerprint density at radius 3 is 2.30 bits per heavy atom. The van der Waals surface area contributed by atoms with Gasteiger partial charge in [-0.3, -0.25) is 0 Å². The highest BCUT2D eigenvalue weighted by atomic mass is 14.7. The molecule has 1 fully saturated rings. The Balaban J connectivity index is 2.73. The molecule has 0 spiro atoms. The summed E-state index contributed by atoms with van der Waals surface area (Å²) >= 11 is 0. The first-order valence-corrected chi connectivity index (χ1v) is 3.42. The summed E-state index contributed by atoms with van der Waals surface area (Å²) in [7, 11) is 0. The van der Waals surface area contributed by atoms with Gasteiger partial charge in [-0.25, -0.2) is 0 Å². The second-order valence-electron chi connectivity index (χ2n) is 3.52. The lowest BCUT2D eigenvalue weighted by Gasteiger charge is -1.98. The van der Waals surface area contributed by atoms with Crippen molar-refractivity contribution in [3.05, 3.63) is 12.3 Å². The quantitative estimate of drug-likeness (QED) is 0.540. The largest absolute Gasteiger partial charge is 0.402 e. The molecule has 1 nitrogen and oxygen atoms in total. The minimum Gasteiger partial charge on any atom is -0.402 e. The Bertz CT molecular complexity index is 207. The smallest absolute Gasteiger partial charge is 0.0346 e. The highest BCUT2D eigenvalue weighted by Gasteiger charge is 2.57. The Morgan fingerprint density at radius 1 is 1.70 bits per heavy atom. The van der Waals surface area contributed by atoms with Gasteiger partial charge in [-0.2, -0.15) is 0 Å². The van der Waals surface area contributed by atoms with E-state index in [1.54, 1.807) is 0 Å². The van der Waals surface area contributed by atoms with E-state index in [2.05, 4.69) is 26.3 Å². The zero-order valence-electron chi connectivity index (χ0n) is 6.52. The highest BCUT2D eigenvalue weighted by Crippen LogP contribution is 2.59. The lowest BCUT2D eigenvalue weighted by molar-refractivity contribution is 0.580. The molecule has 2 atom stereocenters. The van der Waals surface area contributed by atoms with Crippen LogP contribution in [-0.4, -0.2) is 0 Å². The zero-order valence-corrected chi connectivity index (χ0v) is 6.52. The van der Waals surface area contributed by atoms with E-state index >= 15 is 0 Å². The Morgan fingerprint density at radius 2 is 2.20 bits per heavy atom. The fourth-order valence-electron chi connectivity index (χ4n) is 1.64. The molecule has 1 rings (SSSR count). The molecule has 0 saturated heterocycles. The summed E-state index contributed by atoms with van der Waals surface area (Å²) in [6.07, 6.45) is 5.29. The molecular weight excluding hydrogens is 122 g/mol. The van der Waals surface area contributed by atoms with E-state index in [0.29, 0.717) is 11.8 Å². The average molecular weight is 135 g/mol. The van der Waals surface area contributed by atoms with Gasteiger partial charge in [0, 0.05) is 17.5 Å². The molecule has 0 aromatic heterocycles. The molecule has 0 heterocycles. The fourth-order valence-corrected chi connectivity index (χ4v) is 1.64. The summed E-state index contributed by atoms with van der Waals surface area (Å²) in [4.78, 5) is 0. The molecule has 10 heavy (non-hydrogen) atoms. The minimum absolute atomic E-state index is 0.195. The van der Waals surface area contributed by atoms with Crippen LogP contribution in [0.4, 0.5) is 0 Å². The van der Waals surface area contributed by atoms with Crippen molar-refractivity contribution in [2.75, 3.05) is 0 Å². The third-order valence-corrected chi connectivity index (χ3v) is 2.41. The highest BCUT2D eigenvalue weighted by molar-refractivity contribution is 5.27. The normalized spacial score (nSPS) is 34.5. The Labute approximate surface area is 62.3 Å². The molecule has 2 unspecified atom stereocenters. The van der Waals surface area contributed by atoms with Crippen LogP contribution in [0, 0.1) is 29.6 Å². The SMILES string of the molecule is C#CC1C(C(=C)N)C1(C)C. The summed E-state index contributed by atoms with van der Waals surface area (Å²) in [5.74, 6) is 3.37. The van der Waals surface area contributed by atoms with Crippen molar-refractivity contribution in [1.29, 1.82) is 0 Å². The summed E-state index contributed by atoms with van der Waals surface area (Å²) in [6.45, 7) is 7.94. The molecule has 1 aliphatic carbocycles. The van der Waals surface area contributed by atoms with E-state index in [-0.39, 0.29) is 5.41 Å². The number of allylic oxidation sites excluding steroid dienone is 1. The first kappa shape index (κ1) is 7.21. The lowest BCUT2D eigenvalue weighted by atomic mass is 10.1. The lowest BCUT2D eigenvalue weighted by Crippen LogP contribution is -2.01. The van der Waals surface area contributed by atoms with Crippen molar-refractivity contribution in [2.24, 2.45) is 23.0 Å². The van der Waals surface area contributed by atoms with Crippen LogP contribution < -0.4 is 5.73 Å². The van der Waals surface area contributed by atoms with Gasteiger partial charge in [-0.05, 0) is 5.41 Å². The molecule has 0 radical (unpaired) electrons. The molecule has 0 aromatic rings. The summed E-state index contributed by atoms with van der Waals surface area (Å²) in [5, 5.41) is 0. The van der Waals surface area contributed by atoms with Crippen LogP contribution in [0.5, 0.6) is 0 Å². The molecule has 0 bridgehead atoms. The van der Waals surface area contributed by atoms with E-state index < -0.39 is 0 Å². The molecule has 1 heteroatoms. The molecule has 54 valence electrons. The predicted octanol–water partition coefficient (Wildman–Crippen LogP) is 1.36. The topological polar surface area (TPSA) is 26.0 Å². The average Bonchev–Trinajstić information content (AvgIpc) is 2.33. The predicted molar refractivity (Wildman–Crippen MR) is 42.9 cm³/mol. The van der Waals surface area contributed by atoms with Crippen LogP contribution >= 0.6 is 0 Å². The van der Waals surface area contributed by atoms with Crippen LogP contribution in [0.25, 0.3) is 0 Å².